The minimum Gasteiger partial charge on any atom is -0.459 e. The van der Waals surface area contributed by atoms with Gasteiger partial charge in [0, 0.05) is 22.7 Å². The van der Waals surface area contributed by atoms with E-state index in [1.54, 1.807) is 18.2 Å². The van der Waals surface area contributed by atoms with Gasteiger partial charge in [0.15, 0.2) is 0 Å². The van der Waals surface area contributed by atoms with E-state index in [4.69, 9.17) is 16.3 Å². The summed E-state index contributed by atoms with van der Waals surface area (Å²) in [6.07, 6.45) is 0. The van der Waals surface area contributed by atoms with Crippen LogP contribution in [0.3, 0.4) is 0 Å². The van der Waals surface area contributed by atoms with E-state index in [1.165, 1.54) is 30.3 Å². The van der Waals surface area contributed by atoms with E-state index in [2.05, 4.69) is 10.6 Å². The van der Waals surface area contributed by atoms with Gasteiger partial charge >= 0.3 is 5.97 Å². The molecule has 2 amide bonds. The van der Waals surface area contributed by atoms with E-state index in [0.717, 1.165) is 0 Å². The predicted molar refractivity (Wildman–Crippen MR) is 99.7 cm³/mol. The zero-order chi connectivity index (χ0) is 20.5. The molecule has 0 aromatic heterocycles. The van der Waals surface area contributed by atoms with Crippen LogP contribution in [0.4, 0.5) is 5.69 Å². The normalized spacial score (nSPS) is 10.0. The van der Waals surface area contributed by atoms with Gasteiger partial charge in [-0.3, -0.25) is 24.5 Å². The highest BCUT2D eigenvalue weighted by molar-refractivity contribution is 6.30. The number of nitrogens with zero attached hydrogens (tertiary/aromatic N) is 1. The van der Waals surface area contributed by atoms with Gasteiger partial charge in [-0.25, -0.2) is 0 Å². The van der Waals surface area contributed by atoms with Crippen LogP contribution in [0.2, 0.25) is 5.02 Å². The average Bonchev–Trinajstić information content (AvgIpc) is 2.69. The summed E-state index contributed by atoms with van der Waals surface area (Å²) in [6.45, 7) is -0.881. The molecule has 0 aliphatic carbocycles. The van der Waals surface area contributed by atoms with Gasteiger partial charge in [-0.15, -0.1) is 0 Å². The lowest BCUT2D eigenvalue weighted by Gasteiger charge is -2.08. The number of halogens is 1. The van der Waals surface area contributed by atoms with E-state index in [1.807, 2.05) is 0 Å². The van der Waals surface area contributed by atoms with Crippen molar-refractivity contribution in [2.24, 2.45) is 0 Å². The highest BCUT2D eigenvalue weighted by Crippen LogP contribution is 2.13. The van der Waals surface area contributed by atoms with E-state index in [9.17, 15) is 24.5 Å². The molecule has 0 heterocycles. The Balaban J connectivity index is 1.70. The summed E-state index contributed by atoms with van der Waals surface area (Å²) < 4.78 is 4.94. The van der Waals surface area contributed by atoms with Crippen molar-refractivity contribution < 1.29 is 24.0 Å². The maximum Gasteiger partial charge on any atom is 0.325 e. The lowest BCUT2D eigenvalue weighted by Crippen LogP contribution is -2.39. The number of nitro groups is 1. The second-order valence-corrected chi connectivity index (χ2v) is 5.99. The first-order chi connectivity index (χ1) is 13.3. The molecule has 2 N–H and O–H groups in total. The van der Waals surface area contributed by atoms with Gasteiger partial charge in [0.05, 0.1) is 11.5 Å². The molecule has 28 heavy (non-hydrogen) atoms. The fourth-order valence-corrected chi connectivity index (χ4v) is 2.20. The summed E-state index contributed by atoms with van der Waals surface area (Å²) in [6, 6.07) is 11.8. The SMILES string of the molecule is O=C(CNC(=O)c1ccc(Cl)cc1)NCC(=O)OCc1cccc([N+](=O)[O-])c1. The van der Waals surface area contributed by atoms with Crippen molar-refractivity contribution in [3.05, 3.63) is 74.8 Å². The van der Waals surface area contributed by atoms with Crippen LogP contribution >= 0.6 is 11.6 Å². The highest BCUT2D eigenvalue weighted by Gasteiger charge is 2.11. The third kappa shape index (κ3) is 6.69. The number of rotatable bonds is 8. The van der Waals surface area contributed by atoms with Gasteiger partial charge in [0.1, 0.15) is 13.2 Å². The Morgan fingerprint density at radius 3 is 2.43 bits per heavy atom. The molecule has 2 aromatic carbocycles. The summed E-state index contributed by atoms with van der Waals surface area (Å²) in [5, 5.41) is 15.9. The van der Waals surface area contributed by atoms with Gasteiger partial charge in [0.25, 0.3) is 11.6 Å². The fraction of sp³-hybridized carbons (Fsp3) is 0.167. The first-order valence-corrected chi connectivity index (χ1v) is 8.42. The molecule has 0 aliphatic rings. The molecule has 0 radical (unpaired) electrons. The minimum atomic E-state index is -0.719. The zero-order valence-corrected chi connectivity index (χ0v) is 15.3. The van der Waals surface area contributed by atoms with Crippen LogP contribution in [-0.4, -0.2) is 35.8 Å². The number of carbonyl (C=O) groups excluding carboxylic acids is 3. The maximum atomic E-state index is 11.9. The molecule has 0 fully saturated rings. The number of non-ortho nitro benzene ring substituents is 1. The summed E-state index contributed by atoms with van der Waals surface area (Å²) >= 11 is 5.73. The van der Waals surface area contributed by atoms with Crippen LogP contribution < -0.4 is 10.6 Å². The van der Waals surface area contributed by atoms with Gasteiger partial charge in [-0.1, -0.05) is 23.7 Å². The van der Waals surface area contributed by atoms with Crippen molar-refractivity contribution in [2.75, 3.05) is 13.1 Å². The van der Waals surface area contributed by atoms with Crippen LogP contribution in [0.1, 0.15) is 15.9 Å². The van der Waals surface area contributed by atoms with Gasteiger partial charge in [-0.05, 0) is 29.8 Å². The second-order valence-electron chi connectivity index (χ2n) is 5.55. The number of amides is 2. The Labute approximate surface area is 164 Å². The summed E-state index contributed by atoms with van der Waals surface area (Å²) in [5.74, 6) is -1.75. The number of carbonyl (C=O) groups is 3. The van der Waals surface area contributed by atoms with Gasteiger partial charge < -0.3 is 15.4 Å². The third-order valence-corrected chi connectivity index (χ3v) is 3.72. The number of nitrogens with one attached hydrogen (secondary N) is 2. The van der Waals surface area contributed by atoms with Gasteiger partial charge in [0.2, 0.25) is 5.91 Å². The van der Waals surface area contributed by atoms with Crippen molar-refractivity contribution >= 4 is 35.1 Å². The van der Waals surface area contributed by atoms with Crippen LogP contribution in [0, 0.1) is 10.1 Å². The van der Waals surface area contributed by atoms with Crippen molar-refractivity contribution in [2.45, 2.75) is 6.61 Å². The molecule has 2 aromatic rings. The van der Waals surface area contributed by atoms with Crippen molar-refractivity contribution in [3.63, 3.8) is 0 Å². The lowest BCUT2D eigenvalue weighted by atomic mass is 10.2. The Kier molecular flexibility index (Phi) is 7.46. The van der Waals surface area contributed by atoms with E-state index in [0.29, 0.717) is 16.1 Å². The predicted octanol–water partition coefficient (Wildman–Crippen LogP) is 1.84. The third-order valence-electron chi connectivity index (χ3n) is 3.47. The quantitative estimate of drug-likeness (QED) is 0.392. The van der Waals surface area contributed by atoms with Crippen molar-refractivity contribution in [1.82, 2.24) is 10.6 Å². The molecule has 9 nitrogen and oxygen atoms in total. The monoisotopic (exact) mass is 405 g/mol. The van der Waals surface area contributed by atoms with Gasteiger partial charge in [-0.2, -0.15) is 0 Å². The Morgan fingerprint density at radius 2 is 1.75 bits per heavy atom. The van der Waals surface area contributed by atoms with E-state index in [-0.39, 0.29) is 18.8 Å². The highest BCUT2D eigenvalue weighted by atomic mass is 35.5. The number of benzene rings is 2. The topological polar surface area (TPSA) is 128 Å². The number of esters is 1. The molecule has 146 valence electrons. The first-order valence-electron chi connectivity index (χ1n) is 8.04. The molecule has 0 spiro atoms. The number of nitro benzene ring substituents is 1. The number of hydrogen-bond donors (Lipinski definition) is 2. The van der Waals surface area contributed by atoms with E-state index < -0.39 is 29.3 Å². The molecule has 2 rings (SSSR count). The number of hydrogen-bond acceptors (Lipinski definition) is 6. The molecule has 0 saturated carbocycles. The van der Waals surface area contributed by atoms with Crippen LogP contribution in [0.5, 0.6) is 0 Å². The molecule has 0 unspecified atom stereocenters. The molecule has 0 aliphatic heterocycles. The molecular formula is C18H16ClN3O6. The lowest BCUT2D eigenvalue weighted by molar-refractivity contribution is -0.384. The summed E-state index contributed by atoms with van der Waals surface area (Å²) in [5.41, 5.74) is 0.677. The molecular weight excluding hydrogens is 390 g/mol. The Morgan fingerprint density at radius 1 is 1.04 bits per heavy atom. The Hall–Kier alpha value is -3.46. The largest absolute Gasteiger partial charge is 0.459 e. The summed E-state index contributed by atoms with van der Waals surface area (Å²) in [4.78, 5) is 45.4. The fourth-order valence-electron chi connectivity index (χ4n) is 2.07. The van der Waals surface area contributed by atoms with Crippen molar-refractivity contribution in [3.8, 4) is 0 Å². The van der Waals surface area contributed by atoms with E-state index >= 15 is 0 Å². The zero-order valence-electron chi connectivity index (χ0n) is 14.5. The molecule has 10 heteroatoms. The van der Waals surface area contributed by atoms with Crippen LogP contribution in [0.25, 0.3) is 0 Å². The molecule has 0 atom stereocenters. The first kappa shape index (κ1) is 20.8. The van der Waals surface area contributed by atoms with Crippen molar-refractivity contribution in [1.29, 1.82) is 0 Å². The second kappa shape index (κ2) is 10.0. The smallest absolute Gasteiger partial charge is 0.325 e. The number of ether oxygens (including phenoxy) is 1. The average molecular weight is 406 g/mol. The minimum absolute atomic E-state index is 0.113. The molecule has 0 bridgehead atoms. The van der Waals surface area contributed by atoms with Crippen LogP contribution in [-0.2, 0) is 20.9 Å². The maximum absolute atomic E-state index is 11.9. The standard InChI is InChI=1S/C18H16ClN3O6/c19-14-6-4-13(5-7-14)18(25)21-9-16(23)20-10-17(24)28-11-12-2-1-3-15(8-12)22(26)27/h1-8H,9-11H2,(H,20,23)(H,21,25). The van der Waals surface area contributed by atoms with Crippen LogP contribution in [0.15, 0.2) is 48.5 Å². The molecule has 0 saturated heterocycles. The summed E-state index contributed by atoms with van der Waals surface area (Å²) in [7, 11) is 0. The Bertz CT molecular complexity index is 885.